The highest BCUT2D eigenvalue weighted by molar-refractivity contribution is 6.30. The number of fused-ring (bicyclic) bond motifs is 3. The molecule has 186 valence electrons. The van der Waals surface area contributed by atoms with Gasteiger partial charge in [0.15, 0.2) is 5.79 Å². The lowest BCUT2D eigenvalue weighted by atomic mass is 9.92. The Morgan fingerprint density at radius 3 is 2.47 bits per heavy atom. The molecule has 7 nitrogen and oxygen atoms in total. The third kappa shape index (κ3) is 4.21. The number of aromatic nitrogens is 1. The highest BCUT2D eigenvalue weighted by atomic mass is 35.5. The Balaban J connectivity index is 1.32. The predicted molar refractivity (Wildman–Crippen MR) is 136 cm³/mol. The monoisotopic (exact) mass is 506 g/mol. The number of hydrogen-bond donors (Lipinski definition) is 0. The van der Waals surface area contributed by atoms with Crippen LogP contribution >= 0.6 is 11.6 Å². The van der Waals surface area contributed by atoms with E-state index in [9.17, 15) is 9.59 Å². The van der Waals surface area contributed by atoms with Crippen LogP contribution in [0, 0.1) is 0 Å². The normalized spacial score (nSPS) is 18.1. The summed E-state index contributed by atoms with van der Waals surface area (Å²) >= 11 is 6.34. The first-order valence-corrected chi connectivity index (χ1v) is 12.7. The molecule has 36 heavy (non-hydrogen) atoms. The first-order valence-electron chi connectivity index (χ1n) is 12.3. The van der Waals surface area contributed by atoms with Gasteiger partial charge in [-0.1, -0.05) is 48.0 Å². The minimum atomic E-state index is -0.552. The molecule has 1 spiro atoms. The largest absolute Gasteiger partial charge is 0.444 e. The number of piperidine rings is 1. The van der Waals surface area contributed by atoms with Gasteiger partial charge in [0.25, 0.3) is 5.56 Å². The van der Waals surface area contributed by atoms with Crippen molar-refractivity contribution in [1.82, 2.24) is 9.47 Å². The van der Waals surface area contributed by atoms with Crippen molar-refractivity contribution < 1.29 is 19.0 Å². The van der Waals surface area contributed by atoms with E-state index in [1.165, 1.54) is 0 Å². The molecule has 2 aromatic carbocycles. The van der Waals surface area contributed by atoms with Gasteiger partial charge in [-0.25, -0.2) is 4.79 Å². The van der Waals surface area contributed by atoms with Crippen LogP contribution in [0.5, 0.6) is 0 Å². The second-order valence-electron chi connectivity index (χ2n) is 9.46. The molecule has 1 amide bonds. The van der Waals surface area contributed by atoms with Gasteiger partial charge in [0.2, 0.25) is 0 Å². The number of aryl methyl sites for hydroxylation is 1. The van der Waals surface area contributed by atoms with E-state index in [0.717, 1.165) is 34.4 Å². The lowest BCUT2D eigenvalue weighted by Gasteiger charge is -2.37. The van der Waals surface area contributed by atoms with Crippen LogP contribution in [0.1, 0.15) is 24.0 Å². The van der Waals surface area contributed by atoms with E-state index in [4.69, 9.17) is 25.8 Å². The molecule has 4 heterocycles. The molecule has 2 fully saturated rings. The highest BCUT2D eigenvalue weighted by Gasteiger charge is 2.41. The van der Waals surface area contributed by atoms with Gasteiger partial charge in [0, 0.05) is 54.2 Å². The van der Waals surface area contributed by atoms with Crippen molar-refractivity contribution >= 4 is 17.7 Å². The number of benzene rings is 2. The van der Waals surface area contributed by atoms with Gasteiger partial charge >= 0.3 is 6.09 Å². The predicted octanol–water partition coefficient (Wildman–Crippen LogP) is 4.87. The van der Waals surface area contributed by atoms with Crippen molar-refractivity contribution in [3.63, 3.8) is 0 Å². The maximum absolute atomic E-state index is 13.6. The fourth-order valence-corrected chi connectivity index (χ4v) is 5.63. The quantitative estimate of drug-likeness (QED) is 0.507. The summed E-state index contributed by atoms with van der Waals surface area (Å²) in [6.45, 7) is 2.82. The maximum atomic E-state index is 13.6. The summed E-state index contributed by atoms with van der Waals surface area (Å²) in [5.74, 6) is -0.552. The Hall–Kier alpha value is -3.13. The standard InChI is InChI=1S/C28H27ClN2O5/c29-22-7-6-20-8-11-31-25(23(20)17-22)21(16-24(26(31)32)19-4-2-1-3-5-19)18-34-27(33)30-12-9-28(10-13-30)35-14-15-36-28/h1-7,16-17H,8-15,18H2. The lowest BCUT2D eigenvalue weighted by molar-refractivity contribution is -0.182. The maximum Gasteiger partial charge on any atom is 0.410 e. The van der Waals surface area contributed by atoms with Gasteiger partial charge in [0.1, 0.15) is 6.61 Å². The summed E-state index contributed by atoms with van der Waals surface area (Å²) in [5, 5.41) is 0.600. The summed E-state index contributed by atoms with van der Waals surface area (Å²) in [5.41, 5.74) is 4.94. The number of carbonyl (C=O) groups is 1. The molecular formula is C28H27ClN2O5. The summed E-state index contributed by atoms with van der Waals surface area (Å²) in [6.07, 6.45) is 1.61. The summed E-state index contributed by atoms with van der Waals surface area (Å²) < 4.78 is 19.1. The van der Waals surface area contributed by atoms with Gasteiger partial charge in [-0.15, -0.1) is 0 Å². The van der Waals surface area contributed by atoms with Crippen LogP contribution in [0.3, 0.4) is 0 Å². The average molecular weight is 507 g/mol. The van der Waals surface area contributed by atoms with Crippen LogP contribution in [0.15, 0.2) is 59.4 Å². The van der Waals surface area contributed by atoms with Crippen LogP contribution in [0.25, 0.3) is 22.4 Å². The van der Waals surface area contributed by atoms with E-state index in [1.54, 1.807) is 9.47 Å². The van der Waals surface area contributed by atoms with Crippen LogP contribution in [-0.4, -0.2) is 47.7 Å². The molecule has 6 rings (SSSR count). The van der Waals surface area contributed by atoms with Crippen LogP contribution in [-0.2, 0) is 33.8 Å². The van der Waals surface area contributed by atoms with E-state index in [-0.39, 0.29) is 18.3 Å². The number of halogens is 1. The molecule has 3 aliphatic heterocycles. The van der Waals surface area contributed by atoms with E-state index in [2.05, 4.69) is 0 Å². The lowest BCUT2D eigenvalue weighted by Crippen LogP contribution is -2.47. The summed E-state index contributed by atoms with van der Waals surface area (Å²) in [7, 11) is 0. The smallest absolute Gasteiger partial charge is 0.410 e. The number of amides is 1. The van der Waals surface area contributed by atoms with Gasteiger partial charge < -0.3 is 23.7 Å². The molecule has 3 aromatic rings. The van der Waals surface area contributed by atoms with Crippen molar-refractivity contribution in [3.8, 4) is 22.4 Å². The van der Waals surface area contributed by atoms with E-state index in [1.807, 2.05) is 54.6 Å². The fourth-order valence-electron chi connectivity index (χ4n) is 5.46. The minimum absolute atomic E-state index is 0.0505. The third-order valence-corrected chi connectivity index (χ3v) is 7.57. The zero-order valence-corrected chi connectivity index (χ0v) is 20.6. The number of rotatable bonds is 3. The fraction of sp³-hybridized carbons (Fsp3) is 0.357. The Morgan fingerprint density at radius 1 is 0.972 bits per heavy atom. The second-order valence-corrected chi connectivity index (χ2v) is 9.89. The Morgan fingerprint density at radius 2 is 1.72 bits per heavy atom. The highest BCUT2D eigenvalue weighted by Crippen LogP contribution is 2.36. The first-order chi connectivity index (χ1) is 17.5. The number of pyridine rings is 1. The van der Waals surface area contributed by atoms with Crippen LogP contribution < -0.4 is 5.56 Å². The zero-order chi connectivity index (χ0) is 24.7. The van der Waals surface area contributed by atoms with E-state index < -0.39 is 5.79 Å². The van der Waals surface area contributed by atoms with Gasteiger partial charge in [-0.3, -0.25) is 4.79 Å². The van der Waals surface area contributed by atoms with Crippen molar-refractivity contribution in [3.05, 3.63) is 81.1 Å². The van der Waals surface area contributed by atoms with E-state index >= 15 is 0 Å². The Bertz CT molecular complexity index is 1350. The molecule has 0 saturated carbocycles. The molecule has 0 bridgehead atoms. The first kappa shape index (κ1) is 23.3. The molecule has 0 aliphatic carbocycles. The Labute approximate surface area is 214 Å². The minimum Gasteiger partial charge on any atom is -0.444 e. The van der Waals surface area contributed by atoms with Gasteiger partial charge in [0.05, 0.1) is 18.9 Å². The molecule has 0 unspecified atom stereocenters. The van der Waals surface area contributed by atoms with Gasteiger partial charge in [-0.2, -0.15) is 0 Å². The van der Waals surface area contributed by atoms with Crippen molar-refractivity contribution in [2.75, 3.05) is 26.3 Å². The van der Waals surface area contributed by atoms with Crippen LogP contribution in [0.2, 0.25) is 5.02 Å². The average Bonchev–Trinajstić information content (AvgIpc) is 3.36. The molecule has 0 radical (unpaired) electrons. The number of carbonyl (C=O) groups excluding carboxylic acids is 1. The molecule has 0 atom stereocenters. The van der Waals surface area contributed by atoms with Crippen molar-refractivity contribution in [2.24, 2.45) is 0 Å². The molecule has 3 aliphatic rings. The topological polar surface area (TPSA) is 70.0 Å². The molecular weight excluding hydrogens is 480 g/mol. The number of likely N-dealkylation sites (tertiary alicyclic amines) is 1. The molecule has 8 heteroatoms. The van der Waals surface area contributed by atoms with Crippen molar-refractivity contribution in [1.29, 1.82) is 0 Å². The molecule has 2 saturated heterocycles. The molecule has 1 aromatic heterocycles. The van der Waals surface area contributed by atoms with Crippen LogP contribution in [0.4, 0.5) is 4.79 Å². The summed E-state index contributed by atoms with van der Waals surface area (Å²) in [6, 6.07) is 17.2. The van der Waals surface area contributed by atoms with Crippen molar-refractivity contribution in [2.45, 2.75) is 38.2 Å². The third-order valence-electron chi connectivity index (χ3n) is 7.33. The SMILES string of the molecule is O=C(OCc1cc(-c2ccccc2)c(=O)n2c1-c1cc(Cl)ccc1CC2)N1CCC2(CC1)OCCO2. The van der Waals surface area contributed by atoms with Gasteiger partial charge in [-0.05, 0) is 35.7 Å². The Kier molecular flexibility index (Phi) is 6.07. The second kappa shape index (κ2) is 9.39. The number of hydrogen-bond acceptors (Lipinski definition) is 5. The number of nitrogens with zero attached hydrogens (tertiary/aromatic N) is 2. The number of ether oxygens (including phenoxy) is 3. The summed E-state index contributed by atoms with van der Waals surface area (Å²) in [4.78, 5) is 28.3. The zero-order valence-electron chi connectivity index (χ0n) is 19.9. The van der Waals surface area contributed by atoms with E-state index in [0.29, 0.717) is 56.3 Å². The molecule has 0 N–H and O–H groups in total.